The summed E-state index contributed by atoms with van der Waals surface area (Å²) in [6.45, 7) is 1.94. The SMILES string of the molecule is CCOC(=O)C12CN(C(=O)c3ccccc3)CCC1(O)OOC(c1ccccc1)(c1ccccc1)C2. The Labute approximate surface area is 210 Å². The summed E-state index contributed by atoms with van der Waals surface area (Å²) in [5.41, 5.74) is -0.801. The Bertz CT molecular complexity index is 1180. The monoisotopic (exact) mass is 487 g/mol. The van der Waals surface area contributed by atoms with Gasteiger partial charge in [0.1, 0.15) is 5.41 Å². The molecule has 0 aliphatic carbocycles. The van der Waals surface area contributed by atoms with Gasteiger partial charge in [-0.25, -0.2) is 4.89 Å². The second kappa shape index (κ2) is 9.50. The van der Waals surface area contributed by atoms with Gasteiger partial charge in [-0.1, -0.05) is 78.9 Å². The molecular weight excluding hydrogens is 458 g/mol. The number of carbonyl (C=O) groups excluding carboxylic acids is 2. The van der Waals surface area contributed by atoms with Crippen LogP contribution in [0.3, 0.4) is 0 Å². The molecule has 2 fully saturated rings. The van der Waals surface area contributed by atoms with Crippen LogP contribution in [0.2, 0.25) is 0 Å². The summed E-state index contributed by atoms with van der Waals surface area (Å²) < 4.78 is 5.53. The number of hydrogen-bond donors (Lipinski definition) is 1. The van der Waals surface area contributed by atoms with E-state index in [1.807, 2.05) is 66.7 Å². The standard InChI is InChI=1S/C29H29NO6/c1-2-34-26(32)27-20-28(23-14-8-4-9-15-23,24-16-10-5-11-17-24)35-36-29(27,33)18-19-30(21-27)25(31)22-12-6-3-7-13-22/h3-17,33H,2,18-21H2,1H3. The first-order chi connectivity index (χ1) is 17.4. The van der Waals surface area contributed by atoms with Crippen molar-refractivity contribution in [1.82, 2.24) is 4.90 Å². The molecule has 7 heteroatoms. The molecule has 5 rings (SSSR count). The third-order valence-corrected chi connectivity index (χ3v) is 7.26. The number of likely N-dealkylation sites (tertiary alicyclic amines) is 1. The molecule has 0 bridgehead atoms. The van der Waals surface area contributed by atoms with Gasteiger partial charge in [-0.2, -0.15) is 4.89 Å². The van der Waals surface area contributed by atoms with Gasteiger partial charge in [-0.3, -0.25) is 9.59 Å². The van der Waals surface area contributed by atoms with Gasteiger partial charge in [0, 0.05) is 31.5 Å². The quantitative estimate of drug-likeness (QED) is 0.432. The van der Waals surface area contributed by atoms with Gasteiger partial charge in [-0.05, 0) is 30.2 Å². The van der Waals surface area contributed by atoms with E-state index in [1.165, 1.54) is 0 Å². The molecule has 36 heavy (non-hydrogen) atoms. The average Bonchev–Trinajstić information content (AvgIpc) is 2.93. The van der Waals surface area contributed by atoms with Gasteiger partial charge in [0.25, 0.3) is 5.91 Å². The minimum Gasteiger partial charge on any atom is -0.465 e. The summed E-state index contributed by atoms with van der Waals surface area (Å²) in [4.78, 5) is 40.7. The second-order valence-corrected chi connectivity index (χ2v) is 9.33. The average molecular weight is 488 g/mol. The Morgan fingerprint density at radius 3 is 2.00 bits per heavy atom. The molecule has 2 saturated heterocycles. The Morgan fingerprint density at radius 1 is 0.889 bits per heavy atom. The molecule has 2 heterocycles. The third-order valence-electron chi connectivity index (χ3n) is 7.26. The number of esters is 1. The lowest BCUT2D eigenvalue weighted by atomic mass is 9.64. The fraction of sp³-hybridized carbons (Fsp3) is 0.310. The molecule has 1 amide bonds. The maximum atomic E-state index is 13.8. The van der Waals surface area contributed by atoms with E-state index in [1.54, 1.807) is 36.1 Å². The number of piperidine rings is 1. The summed E-state index contributed by atoms with van der Waals surface area (Å²) in [6, 6.07) is 27.8. The lowest BCUT2D eigenvalue weighted by Crippen LogP contribution is -2.70. The molecular formula is C29H29NO6. The number of nitrogens with zero attached hydrogens (tertiary/aromatic N) is 1. The van der Waals surface area contributed by atoms with Crippen molar-refractivity contribution in [1.29, 1.82) is 0 Å². The minimum atomic E-state index is -1.97. The van der Waals surface area contributed by atoms with Crippen molar-refractivity contribution < 1.29 is 29.2 Å². The van der Waals surface area contributed by atoms with Crippen LogP contribution in [0, 0.1) is 5.41 Å². The highest BCUT2D eigenvalue weighted by molar-refractivity contribution is 5.95. The zero-order valence-corrected chi connectivity index (χ0v) is 20.1. The molecule has 0 spiro atoms. The van der Waals surface area contributed by atoms with Crippen LogP contribution < -0.4 is 0 Å². The fourth-order valence-electron chi connectivity index (χ4n) is 5.35. The Kier molecular flexibility index (Phi) is 6.38. The van der Waals surface area contributed by atoms with Gasteiger partial charge in [0.2, 0.25) is 5.79 Å². The molecule has 1 N–H and O–H groups in total. The second-order valence-electron chi connectivity index (χ2n) is 9.33. The normalized spacial score (nSPS) is 25.0. The van der Waals surface area contributed by atoms with Gasteiger partial charge in [0.15, 0.2) is 5.60 Å². The molecule has 186 valence electrons. The molecule has 0 aromatic heterocycles. The van der Waals surface area contributed by atoms with Crippen LogP contribution in [0.25, 0.3) is 0 Å². The largest absolute Gasteiger partial charge is 0.465 e. The molecule has 2 atom stereocenters. The van der Waals surface area contributed by atoms with Crippen molar-refractivity contribution in [2.24, 2.45) is 5.41 Å². The van der Waals surface area contributed by atoms with E-state index >= 15 is 0 Å². The Hall–Kier alpha value is -3.52. The highest BCUT2D eigenvalue weighted by atomic mass is 17.2. The van der Waals surface area contributed by atoms with Gasteiger partial charge < -0.3 is 14.7 Å². The molecule has 2 aliphatic rings. The first-order valence-corrected chi connectivity index (χ1v) is 12.2. The van der Waals surface area contributed by atoms with Crippen molar-refractivity contribution in [3.8, 4) is 0 Å². The maximum absolute atomic E-state index is 13.8. The number of hydrogen-bond acceptors (Lipinski definition) is 6. The topological polar surface area (TPSA) is 85.3 Å². The summed E-state index contributed by atoms with van der Waals surface area (Å²) >= 11 is 0. The van der Waals surface area contributed by atoms with Crippen molar-refractivity contribution in [2.45, 2.75) is 31.2 Å². The number of amides is 1. The molecule has 7 nitrogen and oxygen atoms in total. The van der Waals surface area contributed by atoms with Crippen LogP contribution in [-0.2, 0) is 24.9 Å². The lowest BCUT2D eigenvalue weighted by Gasteiger charge is -2.56. The first kappa shape index (κ1) is 24.2. The predicted molar refractivity (Wildman–Crippen MR) is 131 cm³/mol. The van der Waals surface area contributed by atoms with E-state index in [0.29, 0.717) is 5.56 Å². The number of ether oxygens (including phenoxy) is 1. The highest BCUT2D eigenvalue weighted by Gasteiger charge is 2.69. The smallest absolute Gasteiger partial charge is 0.319 e. The fourth-order valence-corrected chi connectivity index (χ4v) is 5.35. The number of benzene rings is 3. The van der Waals surface area contributed by atoms with Gasteiger partial charge in [0.05, 0.1) is 6.61 Å². The summed E-state index contributed by atoms with van der Waals surface area (Å²) in [6.07, 6.45) is 0.00593. The van der Waals surface area contributed by atoms with Crippen LogP contribution >= 0.6 is 0 Å². The lowest BCUT2D eigenvalue weighted by molar-refractivity contribution is -0.516. The Balaban J connectivity index is 1.64. The van der Waals surface area contributed by atoms with E-state index in [9.17, 15) is 14.7 Å². The first-order valence-electron chi connectivity index (χ1n) is 12.2. The van der Waals surface area contributed by atoms with Crippen LogP contribution in [0.5, 0.6) is 0 Å². The zero-order valence-electron chi connectivity index (χ0n) is 20.1. The van der Waals surface area contributed by atoms with Crippen molar-refractivity contribution in [3.63, 3.8) is 0 Å². The van der Waals surface area contributed by atoms with Gasteiger partial charge >= 0.3 is 5.97 Å². The van der Waals surface area contributed by atoms with Gasteiger partial charge in [-0.15, -0.1) is 0 Å². The van der Waals surface area contributed by atoms with Crippen LogP contribution in [0.1, 0.15) is 41.3 Å². The Morgan fingerprint density at radius 2 is 1.44 bits per heavy atom. The maximum Gasteiger partial charge on any atom is 0.319 e. The van der Waals surface area contributed by atoms with E-state index < -0.39 is 22.8 Å². The molecule has 3 aromatic carbocycles. The highest BCUT2D eigenvalue weighted by Crippen LogP contribution is 2.56. The molecule has 2 unspecified atom stereocenters. The molecule has 2 aliphatic heterocycles. The molecule has 0 saturated carbocycles. The van der Waals surface area contributed by atoms with Crippen molar-refractivity contribution >= 4 is 11.9 Å². The third kappa shape index (κ3) is 3.89. The zero-order chi connectivity index (χ0) is 25.2. The van der Waals surface area contributed by atoms with E-state index in [4.69, 9.17) is 14.5 Å². The van der Waals surface area contributed by atoms with Crippen molar-refractivity contribution in [2.75, 3.05) is 19.7 Å². The summed E-state index contributed by atoms with van der Waals surface area (Å²) in [5, 5.41) is 11.7. The van der Waals surface area contributed by atoms with E-state index in [0.717, 1.165) is 11.1 Å². The van der Waals surface area contributed by atoms with E-state index in [-0.39, 0.29) is 38.4 Å². The number of rotatable bonds is 5. The van der Waals surface area contributed by atoms with Crippen molar-refractivity contribution in [3.05, 3.63) is 108 Å². The summed E-state index contributed by atoms with van der Waals surface area (Å²) in [5.74, 6) is -2.82. The van der Waals surface area contributed by atoms with Crippen LogP contribution in [-0.4, -0.2) is 47.4 Å². The summed E-state index contributed by atoms with van der Waals surface area (Å²) in [7, 11) is 0. The van der Waals surface area contributed by atoms with E-state index in [2.05, 4.69) is 0 Å². The molecule has 3 aromatic rings. The number of aliphatic hydroxyl groups is 1. The number of carbonyl (C=O) groups is 2. The predicted octanol–water partition coefficient (Wildman–Crippen LogP) is 4.07. The van der Waals surface area contributed by atoms with Crippen LogP contribution in [0.4, 0.5) is 0 Å². The van der Waals surface area contributed by atoms with Crippen LogP contribution in [0.15, 0.2) is 91.0 Å². The number of fused-ring (bicyclic) bond motifs is 1. The minimum absolute atomic E-state index is 0.00987. The molecule has 0 radical (unpaired) electrons.